The molecule has 1 heterocycles. The lowest BCUT2D eigenvalue weighted by Gasteiger charge is -2.35. The Balaban J connectivity index is 1.72. The summed E-state index contributed by atoms with van der Waals surface area (Å²) in [5.74, 6) is 0.490. The Morgan fingerprint density at radius 1 is 0.967 bits per heavy atom. The summed E-state index contributed by atoms with van der Waals surface area (Å²) in [5, 5.41) is 3.17. The second-order valence-electron chi connectivity index (χ2n) is 9.52. The molecule has 0 radical (unpaired) electrons. The summed E-state index contributed by atoms with van der Waals surface area (Å²) in [6.45, 7) is 14.8. The molecule has 1 aliphatic heterocycles. The molecular weight excluding hydrogens is 372 g/mol. The normalized spacial score (nSPS) is 16.5. The minimum Gasteiger partial charge on any atom is -0.379 e. The van der Waals surface area contributed by atoms with Crippen LogP contribution in [0.25, 0.3) is 0 Å². The highest BCUT2D eigenvalue weighted by atomic mass is 16.5. The monoisotopic (exact) mass is 408 g/mol. The molecule has 1 amide bonds. The molecular formula is C26H36N2O2. The largest absolute Gasteiger partial charge is 0.379 e. The van der Waals surface area contributed by atoms with Crippen molar-refractivity contribution in [2.24, 2.45) is 0 Å². The molecule has 3 rings (SSSR count). The molecule has 0 aromatic heterocycles. The van der Waals surface area contributed by atoms with E-state index in [1.807, 2.05) is 12.1 Å². The zero-order chi connectivity index (χ0) is 21.7. The molecule has 2 aromatic rings. The van der Waals surface area contributed by atoms with Crippen molar-refractivity contribution >= 4 is 5.91 Å². The molecule has 162 valence electrons. The third-order valence-corrected chi connectivity index (χ3v) is 5.94. The van der Waals surface area contributed by atoms with Crippen LogP contribution >= 0.6 is 0 Å². The lowest BCUT2D eigenvalue weighted by Crippen LogP contribution is -2.43. The quantitative estimate of drug-likeness (QED) is 0.738. The second kappa shape index (κ2) is 9.76. The summed E-state index contributed by atoms with van der Waals surface area (Å²) in [5.41, 5.74) is 4.60. The first kappa shape index (κ1) is 22.5. The van der Waals surface area contributed by atoms with Crippen molar-refractivity contribution in [2.75, 3.05) is 32.8 Å². The van der Waals surface area contributed by atoms with Gasteiger partial charge < -0.3 is 10.1 Å². The number of hydrogen-bond donors (Lipinski definition) is 1. The minimum atomic E-state index is -0.0208. The molecule has 1 aliphatic rings. The molecule has 0 bridgehead atoms. The van der Waals surface area contributed by atoms with Gasteiger partial charge in [-0.05, 0) is 40.2 Å². The van der Waals surface area contributed by atoms with Crippen molar-refractivity contribution < 1.29 is 9.53 Å². The predicted octanol–water partition coefficient (Wildman–Crippen LogP) is 4.91. The Morgan fingerprint density at radius 2 is 1.53 bits per heavy atom. The van der Waals surface area contributed by atoms with Gasteiger partial charge in [-0.25, -0.2) is 0 Å². The Hall–Kier alpha value is -2.17. The molecule has 0 unspecified atom stereocenters. The van der Waals surface area contributed by atoms with Crippen LogP contribution in [-0.4, -0.2) is 43.7 Å². The van der Waals surface area contributed by atoms with Gasteiger partial charge in [-0.3, -0.25) is 9.69 Å². The zero-order valence-electron chi connectivity index (χ0n) is 19.1. The Kier molecular flexibility index (Phi) is 7.32. The smallest absolute Gasteiger partial charge is 0.251 e. The summed E-state index contributed by atoms with van der Waals surface area (Å²) < 4.78 is 5.54. The fourth-order valence-electron chi connectivity index (χ4n) is 3.86. The van der Waals surface area contributed by atoms with Crippen LogP contribution in [0.3, 0.4) is 0 Å². The number of amides is 1. The van der Waals surface area contributed by atoms with E-state index in [1.165, 1.54) is 16.7 Å². The SMILES string of the molecule is CC(C)c1ccc([C@@H](CNC(=O)c2ccc(C(C)(C)C)cc2)N2CCOCC2)cc1. The molecule has 2 aromatic carbocycles. The van der Waals surface area contributed by atoms with Crippen molar-refractivity contribution in [2.45, 2.75) is 52.0 Å². The van der Waals surface area contributed by atoms with E-state index < -0.39 is 0 Å². The van der Waals surface area contributed by atoms with Gasteiger partial charge in [0.05, 0.1) is 19.3 Å². The summed E-state index contributed by atoms with van der Waals surface area (Å²) in [4.78, 5) is 15.2. The lowest BCUT2D eigenvalue weighted by molar-refractivity contribution is 0.0162. The number of hydrogen-bond acceptors (Lipinski definition) is 3. The van der Waals surface area contributed by atoms with E-state index in [-0.39, 0.29) is 17.4 Å². The zero-order valence-corrected chi connectivity index (χ0v) is 19.1. The highest BCUT2D eigenvalue weighted by molar-refractivity contribution is 5.94. The van der Waals surface area contributed by atoms with Gasteiger partial charge in [0.25, 0.3) is 5.91 Å². The van der Waals surface area contributed by atoms with Gasteiger partial charge in [-0.15, -0.1) is 0 Å². The Labute approximate surface area is 181 Å². The van der Waals surface area contributed by atoms with Crippen molar-refractivity contribution in [3.63, 3.8) is 0 Å². The molecule has 0 aliphatic carbocycles. The number of carbonyl (C=O) groups excluding carboxylic acids is 1. The Morgan fingerprint density at radius 3 is 2.07 bits per heavy atom. The van der Waals surface area contributed by atoms with Gasteiger partial charge in [-0.1, -0.05) is 71.0 Å². The van der Waals surface area contributed by atoms with E-state index in [2.05, 4.69) is 81.2 Å². The van der Waals surface area contributed by atoms with Crippen LogP contribution in [-0.2, 0) is 10.2 Å². The van der Waals surface area contributed by atoms with Crippen molar-refractivity contribution in [3.05, 3.63) is 70.8 Å². The summed E-state index contributed by atoms with van der Waals surface area (Å²) >= 11 is 0. The van der Waals surface area contributed by atoms with Crippen LogP contribution in [0.2, 0.25) is 0 Å². The first-order chi connectivity index (χ1) is 14.3. The van der Waals surface area contributed by atoms with Crippen molar-refractivity contribution in [1.82, 2.24) is 10.2 Å². The average molecular weight is 409 g/mol. The number of ether oxygens (including phenoxy) is 1. The standard InChI is InChI=1S/C26H36N2O2/c1-19(2)20-6-8-21(9-7-20)24(28-14-16-30-17-15-28)18-27-25(29)22-10-12-23(13-11-22)26(3,4)5/h6-13,19,24H,14-18H2,1-5H3,(H,27,29)/t24-/m1/s1. The second-order valence-corrected chi connectivity index (χ2v) is 9.52. The van der Waals surface area contributed by atoms with Crippen LogP contribution in [0.5, 0.6) is 0 Å². The van der Waals surface area contributed by atoms with E-state index >= 15 is 0 Å². The molecule has 1 N–H and O–H groups in total. The molecule has 1 saturated heterocycles. The van der Waals surface area contributed by atoms with E-state index in [4.69, 9.17) is 4.74 Å². The van der Waals surface area contributed by atoms with E-state index in [0.717, 1.165) is 26.3 Å². The van der Waals surface area contributed by atoms with Gasteiger partial charge in [0.1, 0.15) is 0 Å². The average Bonchev–Trinajstić information content (AvgIpc) is 2.74. The minimum absolute atomic E-state index is 0.0208. The highest BCUT2D eigenvalue weighted by Gasteiger charge is 2.24. The van der Waals surface area contributed by atoms with Gasteiger partial charge >= 0.3 is 0 Å². The highest BCUT2D eigenvalue weighted by Crippen LogP contribution is 2.25. The van der Waals surface area contributed by atoms with Crippen LogP contribution in [0.15, 0.2) is 48.5 Å². The van der Waals surface area contributed by atoms with Crippen molar-refractivity contribution in [1.29, 1.82) is 0 Å². The van der Waals surface area contributed by atoms with E-state index in [1.54, 1.807) is 0 Å². The molecule has 30 heavy (non-hydrogen) atoms. The van der Waals surface area contributed by atoms with Crippen LogP contribution in [0.1, 0.15) is 73.6 Å². The van der Waals surface area contributed by atoms with Gasteiger partial charge in [0, 0.05) is 25.2 Å². The maximum Gasteiger partial charge on any atom is 0.251 e. The topological polar surface area (TPSA) is 41.6 Å². The molecule has 4 nitrogen and oxygen atoms in total. The number of benzene rings is 2. The Bertz CT molecular complexity index is 814. The van der Waals surface area contributed by atoms with Crippen LogP contribution in [0.4, 0.5) is 0 Å². The first-order valence-corrected chi connectivity index (χ1v) is 11.1. The predicted molar refractivity (Wildman–Crippen MR) is 123 cm³/mol. The molecule has 4 heteroatoms. The van der Waals surface area contributed by atoms with Gasteiger partial charge in [0.2, 0.25) is 0 Å². The third-order valence-electron chi connectivity index (χ3n) is 5.94. The molecule has 1 atom stereocenters. The third kappa shape index (κ3) is 5.71. The summed E-state index contributed by atoms with van der Waals surface area (Å²) in [7, 11) is 0. The lowest BCUT2D eigenvalue weighted by atomic mass is 9.86. The summed E-state index contributed by atoms with van der Waals surface area (Å²) in [6.07, 6.45) is 0. The first-order valence-electron chi connectivity index (χ1n) is 11.1. The van der Waals surface area contributed by atoms with Gasteiger partial charge in [-0.2, -0.15) is 0 Å². The molecule has 1 fully saturated rings. The van der Waals surface area contributed by atoms with Crippen molar-refractivity contribution in [3.8, 4) is 0 Å². The molecule has 0 spiro atoms. The number of nitrogens with zero attached hydrogens (tertiary/aromatic N) is 1. The number of nitrogens with one attached hydrogen (secondary N) is 1. The van der Waals surface area contributed by atoms with Crippen LogP contribution in [0, 0.1) is 0 Å². The fraction of sp³-hybridized carbons (Fsp3) is 0.500. The van der Waals surface area contributed by atoms with Crippen LogP contribution < -0.4 is 5.32 Å². The van der Waals surface area contributed by atoms with Gasteiger partial charge in [0.15, 0.2) is 0 Å². The van der Waals surface area contributed by atoms with E-state index in [0.29, 0.717) is 18.0 Å². The maximum atomic E-state index is 12.8. The molecule has 0 saturated carbocycles. The van der Waals surface area contributed by atoms with E-state index in [9.17, 15) is 4.79 Å². The maximum absolute atomic E-state index is 12.8. The fourth-order valence-corrected chi connectivity index (χ4v) is 3.86. The number of rotatable bonds is 6. The number of carbonyl (C=O) groups is 1. The number of morpholine rings is 1. The summed E-state index contributed by atoms with van der Waals surface area (Å²) in [6, 6.07) is 16.9.